The summed E-state index contributed by atoms with van der Waals surface area (Å²) in [6, 6.07) is 9.83. The van der Waals surface area contributed by atoms with Crippen LogP contribution in [0.5, 0.6) is 0 Å². The molecule has 2 nitrogen and oxygen atoms in total. The second-order valence-corrected chi connectivity index (χ2v) is 5.99. The number of benzene rings is 1. The Morgan fingerprint density at radius 3 is 2.56 bits per heavy atom. The molecular formula is C15H21ClN2. The lowest BCUT2D eigenvalue weighted by atomic mass is 10.0. The molecule has 1 aromatic carbocycles. The van der Waals surface area contributed by atoms with Crippen molar-refractivity contribution in [1.82, 2.24) is 10.2 Å². The average molecular weight is 265 g/mol. The van der Waals surface area contributed by atoms with Crippen LogP contribution in [0, 0.1) is 0 Å². The van der Waals surface area contributed by atoms with Crippen LogP contribution in [0.2, 0.25) is 5.02 Å². The van der Waals surface area contributed by atoms with Crippen molar-refractivity contribution in [1.29, 1.82) is 0 Å². The van der Waals surface area contributed by atoms with Gasteiger partial charge in [-0.1, -0.05) is 36.6 Å². The summed E-state index contributed by atoms with van der Waals surface area (Å²) in [4.78, 5) is 2.70. The zero-order chi connectivity index (χ0) is 12.4. The Kier molecular flexibility index (Phi) is 3.88. The predicted octanol–water partition coefficient (Wildman–Crippen LogP) is 3.06. The predicted molar refractivity (Wildman–Crippen MR) is 75.9 cm³/mol. The molecule has 0 atom stereocenters. The van der Waals surface area contributed by atoms with E-state index in [9.17, 15) is 0 Å². The Balaban J connectivity index is 1.72. The minimum atomic E-state index is 0.729. The molecule has 0 aromatic heterocycles. The van der Waals surface area contributed by atoms with Crippen molar-refractivity contribution < 1.29 is 0 Å². The summed E-state index contributed by atoms with van der Waals surface area (Å²) in [5.41, 5.74) is 1.35. The number of nitrogens with one attached hydrogen (secondary N) is 1. The molecule has 1 aliphatic heterocycles. The second kappa shape index (κ2) is 5.60. The van der Waals surface area contributed by atoms with Crippen LogP contribution in [-0.2, 0) is 6.54 Å². The third-order valence-corrected chi connectivity index (χ3v) is 4.51. The molecule has 1 aromatic rings. The number of hydrogen-bond donors (Lipinski definition) is 1. The van der Waals surface area contributed by atoms with Crippen LogP contribution in [-0.4, -0.2) is 30.1 Å². The van der Waals surface area contributed by atoms with Crippen molar-refractivity contribution in [2.24, 2.45) is 0 Å². The fourth-order valence-corrected chi connectivity index (χ4v) is 3.36. The third-order valence-electron chi connectivity index (χ3n) is 4.28. The number of rotatable bonds is 4. The van der Waals surface area contributed by atoms with E-state index in [-0.39, 0.29) is 0 Å². The van der Waals surface area contributed by atoms with Gasteiger partial charge in [-0.3, -0.25) is 4.90 Å². The van der Waals surface area contributed by atoms with Crippen LogP contribution in [0.15, 0.2) is 24.3 Å². The third kappa shape index (κ3) is 2.71. The number of halogens is 1. The summed E-state index contributed by atoms with van der Waals surface area (Å²) in [6.07, 6.45) is 5.54. The summed E-state index contributed by atoms with van der Waals surface area (Å²) < 4.78 is 0. The molecule has 0 unspecified atom stereocenters. The molecule has 0 amide bonds. The highest BCUT2D eigenvalue weighted by Gasteiger charge is 2.31. The molecule has 1 aliphatic carbocycles. The van der Waals surface area contributed by atoms with Crippen molar-refractivity contribution in [3.05, 3.63) is 34.9 Å². The van der Waals surface area contributed by atoms with E-state index in [0.717, 1.165) is 36.7 Å². The lowest BCUT2D eigenvalue weighted by Gasteiger charge is -2.42. The second-order valence-electron chi connectivity index (χ2n) is 5.55. The van der Waals surface area contributed by atoms with Gasteiger partial charge >= 0.3 is 0 Å². The van der Waals surface area contributed by atoms with Gasteiger partial charge in [0.2, 0.25) is 0 Å². The molecule has 1 saturated carbocycles. The van der Waals surface area contributed by atoms with Gasteiger partial charge in [-0.05, 0) is 30.5 Å². The molecule has 0 spiro atoms. The van der Waals surface area contributed by atoms with Crippen LogP contribution >= 0.6 is 11.6 Å². The van der Waals surface area contributed by atoms with E-state index in [2.05, 4.69) is 28.4 Å². The Morgan fingerprint density at radius 2 is 1.94 bits per heavy atom. The fourth-order valence-electron chi connectivity index (χ4n) is 3.15. The average Bonchev–Trinajstić information content (AvgIpc) is 2.79. The molecule has 2 fully saturated rings. The van der Waals surface area contributed by atoms with Crippen molar-refractivity contribution in [3.63, 3.8) is 0 Å². The SMILES string of the molecule is Clc1cccc(CN(C2CCCC2)C2CNC2)c1. The van der Waals surface area contributed by atoms with Gasteiger partial charge in [-0.2, -0.15) is 0 Å². The van der Waals surface area contributed by atoms with Crippen molar-refractivity contribution in [2.45, 2.75) is 44.3 Å². The van der Waals surface area contributed by atoms with Gasteiger partial charge in [-0.15, -0.1) is 0 Å². The summed E-state index contributed by atoms with van der Waals surface area (Å²) >= 11 is 6.08. The van der Waals surface area contributed by atoms with Gasteiger partial charge in [0.05, 0.1) is 0 Å². The fraction of sp³-hybridized carbons (Fsp3) is 0.600. The molecule has 3 heteroatoms. The molecule has 1 N–H and O–H groups in total. The topological polar surface area (TPSA) is 15.3 Å². The largest absolute Gasteiger partial charge is 0.314 e. The Hall–Kier alpha value is -0.570. The Morgan fingerprint density at radius 1 is 1.17 bits per heavy atom. The van der Waals surface area contributed by atoms with E-state index in [1.54, 1.807) is 0 Å². The molecular weight excluding hydrogens is 244 g/mol. The highest BCUT2D eigenvalue weighted by Crippen LogP contribution is 2.28. The molecule has 1 saturated heterocycles. The molecule has 98 valence electrons. The Bertz CT molecular complexity index is 397. The lowest BCUT2D eigenvalue weighted by molar-refractivity contribution is 0.0887. The summed E-state index contributed by atoms with van der Waals surface area (Å²) in [5, 5.41) is 4.25. The summed E-state index contributed by atoms with van der Waals surface area (Å²) in [6.45, 7) is 3.35. The van der Waals surface area contributed by atoms with Crippen molar-refractivity contribution in [3.8, 4) is 0 Å². The van der Waals surface area contributed by atoms with E-state index in [0.29, 0.717) is 0 Å². The summed E-state index contributed by atoms with van der Waals surface area (Å²) in [7, 11) is 0. The highest BCUT2D eigenvalue weighted by atomic mass is 35.5. The summed E-state index contributed by atoms with van der Waals surface area (Å²) in [5.74, 6) is 0. The molecule has 2 aliphatic rings. The standard InChI is InChI=1S/C15H21ClN2/c16-13-5-3-4-12(8-13)11-18(15-9-17-10-15)14-6-1-2-7-14/h3-5,8,14-15,17H,1-2,6-7,9-11H2. The van der Waals surface area contributed by atoms with Crippen LogP contribution < -0.4 is 5.32 Å². The zero-order valence-corrected chi connectivity index (χ0v) is 11.5. The van der Waals surface area contributed by atoms with Gasteiger partial charge in [0.1, 0.15) is 0 Å². The van der Waals surface area contributed by atoms with Gasteiger partial charge in [0.25, 0.3) is 0 Å². The van der Waals surface area contributed by atoms with Crippen LogP contribution in [0.3, 0.4) is 0 Å². The molecule has 18 heavy (non-hydrogen) atoms. The minimum absolute atomic E-state index is 0.729. The van der Waals surface area contributed by atoms with Crippen LogP contribution in [0.25, 0.3) is 0 Å². The number of hydrogen-bond acceptors (Lipinski definition) is 2. The Labute approximate surface area is 114 Å². The molecule has 3 rings (SSSR count). The molecule has 1 heterocycles. The van der Waals surface area contributed by atoms with E-state index < -0.39 is 0 Å². The van der Waals surface area contributed by atoms with Gasteiger partial charge in [-0.25, -0.2) is 0 Å². The molecule has 0 bridgehead atoms. The van der Waals surface area contributed by atoms with Gasteiger partial charge < -0.3 is 5.32 Å². The minimum Gasteiger partial charge on any atom is -0.314 e. The smallest absolute Gasteiger partial charge is 0.0409 e. The van der Waals surface area contributed by atoms with E-state index >= 15 is 0 Å². The maximum absolute atomic E-state index is 6.08. The molecule has 0 radical (unpaired) electrons. The number of nitrogens with zero attached hydrogens (tertiary/aromatic N) is 1. The van der Waals surface area contributed by atoms with Gasteiger partial charge in [0, 0.05) is 36.7 Å². The van der Waals surface area contributed by atoms with E-state index in [1.807, 2.05) is 6.07 Å². The lowest BCUT2D eigenvalue weighted by Crippen LogP contribution is -2.59. The van der Waals surface area contributed by atoms with Gasteiger partial charge in [0.15, 0.2) is 0 Å². The first-order valence-electron chi connectivity index (χ1n) is 7.04. The maximum Gasteiger partial charge on any atom is 0.0409 e. The van der Waals surface area contributed by atoms with Crippen molar-refractivity contribution in [2.75, 3.05) is 13.1 Å². The first kappa shape index (κ1) is 12.5. The first-order valence-corrected chi connectivity index (χ1v) is 7.41. The quantitative estimate of drug-likeness (QED) is 0.899. The monoisotopic (exact) mass is 264 g/mol. The van der Waals surface area contributed by atoms with Crippen LogP contribution in [0.4, 0.5) is 0 Å². The highest BCUT2D eigenvalue weighted by molar-refractivity contribution is 6.30. The van der Waals surface area contributed by atoms with E-state index in [1.165, 1.54) is 31.2 Å². The zero-order valence-electron chi connectivity index (χ0n) is 10.7. The maximum atomic E-state index is 6.08. The van der Waals surface area contributed by atoms with Crippen molar-refractivity contribution >= 4 is 11.6 Å². The van der Waals surface area contributed by atoms with Crippen LogP contribution in [0.1, 0.15) is 31.2 Å². The van der Waals surface area contributed by atoms with E-state index in [4.69, 9.17) is 11.6 Å². The normalized spacial score (nSPS) is 21.4. The first-order chi connectivity index (χ1) is 8.83.